The zero-order valence-electron chi connectivity index (χ0n) is 17.8. The number of hydrogen-bond acceptors (Lipinski definition) is 3. The molecule has 2 N–H and O–H groups in total. The number of nitrogens with one attached hydrogen (secondary N) is 2. The number of nitrogens with zero attached hydrogens (tertiary/aromatic N) is 1. The van der Waals surface area contributed by atoms with Crippen LogP contribution in [0.4, 0.5) is 0 Å². The Morgan fingerprint density at radius 2 is 1.87 bits per heavy atom. The lowest BCUT2D eigenvalue weighted by molar-refractivity contribution is -0.123. The summed E-state index contributed by atoms with van der Waals surface area (Å²) in [6.07, 6.45) is 5.30. The van der Waals surface area contributed by atoms with E-state index < -0.39 is 0 Å². The number of para-hydroxylation sites is 1. The van der Waals surface area contributed by atoms with E-state index in [0.29, 0.717) is 0 Å². The number of piperidine rings is 1. The summed E-state index contributed by atoms with van der Waals surface area (Å²) in [5.41, 5.74) is 3.14. The molecule has 2 heterocycles. The maximum atomic E-state index is 13.3. The van der Waals surface area contributed by atoms with Gasteiger partial charge in [0.1, 0.15) is 0 Å². The molecule has 1 aromatic heterocycles. The maximum absolute atomic E-state index is 13.3. The second-order valence-corrected chi connectivity index (χ2v) is 8.40. The fourth-order valence-electron chi connectivity index (χ4n) is 4.53. The highest BCUT2D eigenvalue weighted by molar-refractivity contribution is 5.86. The van der Waals surface area contributed by atoms with Crippen molar-refractivity contribution in [2.45, 2.75) is 51.1 Å². The molecule has 4 unspecified atom stereocenters. The smallest absolute Gasteiger partial charge is 0.227 e. The van der Waals surface area contributed by atoms with E-state index in [1.807, 2.05) is 61.7 Å². The van der Waals surface area contributed by atoms with E-state index in [4.69, 9.17) is 0 Å². The number of amides is 1. The summed E-state index contributed by atoms with van der Waals surface area (Å²) in [4.78, 5) is 17.8. The zero-order chi connectivity index (χ0) is 20.9. The SMILES string of the molecule is CCC1CCC(C(NC(=O)C(C)c2ccccc2)c2ccnc3ccccc23)NC1. The number of carbonyl (C=O) groups is 1. The molecule has 0 radical (unpaired) electrons. The molecule has 1 saturated heterocycles. The molecule has 4 heteroatoms. The minimum Gasteiger partial charge on any atom is -0.347 e. The number of pyridine rings is 1. The molecule has 3 aromatic rings. The van der Waals surface area contributed by atoms with E-state index in [0.717, 1.165) is 40.9 Å². The van der Waals surface area contributed by atoms with E-state index in [-0.39, 0.29) is 23.9 Å². The summed E-state index contributed by atoms with van der Waals surface area (Å²) in [7, 11) is 0. The van der Waals surface area contributed by atoms with Gasteiger partial charge in [0.25, 0.3) is 0 Å². The lowest BCUT2D eigenvalue weighted by atomic mass is 9.86. The highest BCUT2D eigenvalue weighted by atomic mass is 16.1. The van der Waals surface area contributed by atoms with Gasteiger partial charge in [0.15, 0.2) is 0 Å². The largest absolute Gasteiger partial charge is 0.347 e. The van der Waals surface area contributed by atoms with E-state index in [2.05, 4.69) is 34.7 Å². The van der Waals surface area contributed by atoms with Crippen LogP contribution in [0.25, 0.3) is 10.9 Å². The minimum atomic E-state index is -0.200. The van der Waals surface area contributed by atoms with Crippen molar-refractivity contribution in [3.8, 4) is 0 Å². The quantitative estimate of drug-likeness (QED) is 0.613. The van der Waals surface area contributed by atoms with Gasteiger partial charge in [0, 0.05) is 17.6 Å². The van der Waals surface area contributed by atoms with Crippen LogP contribution in [0.3, 0.4) is 0 Å². The molecule has 30 heavy (non-hydrogen) atoms. The Morgan fingerprint density at radius 1 is 1.10 bits per heavy atom. The lowest BCUT2D eigenvalue weighted by Crippen LogP contribution is -2.49. The molecule has 0 aliphatic carbocycles. The van der Waals surface area contributed by atoms with Crippen LogP contribution in [0.2, 0.25) is 0 Å². The zero-order valence-corrected chi connectivity index (χ0v) is 17.8. The third-order valence-electron chi connectivity index (χ3n) is 6.54. The summed E-state index contributed by atoms with van der Waals surface area (Å²) in [5, 5.41) is 8.24. The Hall–Kier alpha value is -2.72. The summed E-state index contributed by atoms with van der Waals surface area (Å²) in [6, 6.07) is 20.4. The molecule has 4 rings (SSSR count). The van der Waals surface area contributed by atoms with E-state index >= 15 is 0 Å². The Bertz CT molecular complexity index is 974. The Labute approximate surface area is 179 Å². The predicted octanol–water partition coefficient (Wildman–Crippen LogP) is 4.97. The van der Waals surface area contributed by atoms with E-state index in [1.54, 1.807) is 0 Å². The van der Waals surface area contributed by atoms with Crippen molar-refractivity contribution in [2.75, 3.05) is 6.54 Å². The van der Waals surface area contributed by atoms with Gasteiger partial charge in [-0.05, 0) is 55.5 Å². The first-order chi connectivity index (χ1) is 14.7. The minimum absolute atomic E-state index is 0.0616. The molecule has 1 aliphatic heterocycles. The molecule has 1 aliphatic rings. The van der Waals surface area contributed by atoms with Crippen LogP contribution < -0.4 is 10.6 Å². The average molecular weight is 402 g/mol. The summed E-state index contributed by atoms with van der Waals surface area (Å²) < 4.78 is 0. The van der Waals surface area contributed by atoms with Crippen LogP contribution in [0, 0.1) is 5.92 Å². The Balaban J connectivity index is 1.64. The van der Waals surface area contributed by atoms with Crippen LogP contribution in [0.1, 0.15) is 56.2 Å². The molecule has 4 atom stereocenters. The van der Waals surface area contributed by atoms with Crippen molar-refractivity contribution < 1.29 is 4.79 Å². The summed E-state index contributed by atoms with van der Waals surface area (Å²) in [5.74, 6) is 0.579. The molecular weight excluding hydrogens is 370 g/mol. The third kappa shape index (κ3) is 4.39. The maximum Gasteiger partial charge on any atom is 0.227 e. The number of hydrogen-bond donors (Lipinski definition) is 2. The number of benzene rings is 2. The second kappa shape index (κ2) is 9.40. The average Bonchev–Trinajstić information content (AvgIpc) is 2.82. The van der Waals surface area contributed by atoms with Crippen molar-refractivity contribution in [2.24, 2.45) is 5.92 Å². The van der Waals surface area contributed by atoms with Gasteiger partial charge in [-0.25, -0.2) is 0 Å². The molecule has 156 valence electrons. The first kappa shape index (κ1) is 20.5. The van der Waals surface area contributed by atoms with Crippen molar-refractivity contribution in [3.63, 3.8) is 0 Å². The van der Waals surface area contributed by atoms with Gasteiger partial charge < -0.3 is 10.6 Å². The number of aromatic nitrogens is 1. The molecule has 4 nitrogen and oxygen atoms in total. The van der Waals surface area contributed by atoms with Gasteiger partial charge in [-0.1, -0.05) is 61.9 Å². The predicted molar refractivity (Wildman–Crippen MR) is 122 cm³/mol. The van der Waals surface area contributed by atoms with E-state index in [1.165, 1.54) is 12.8 Å². The Morgan fingerprint density at radius 3 is 2.60 bits per heavy atom. The third-order valence-corrected chi connectivity index (χ3v) is 6.54. The molecule has 0 spiro atoms. The van der Waals surface area contributed by atoms with Crippen molar-refractivity contribution >= 4 is 16.8 Å². The monoisotopic (exact) mass is 401 g/mol. The molecule has 2 aromatic carbocycles. The molecule has 1 amide bonds. The standard InChI is InChI=1S/C26H31N3O/c1-3-19-13-14-24(28-17-19)25(22-15-16-27-23-12-8-7-11-21(22)23)29-26(30)18(2)20-9-5-4-6-10-20/h4-12,15-16,18-19,24-25,28H,3,13-14,17H2,1-2H3,(H,29,30). The van der Waals surface area contributed by atoms with Gasteiger partial charge in [-0.2, -0.15) is 0 Å². The fourth-order valence-corrected chi connectivity index (χ4v) is 4.53. The number of fused-ring (bicyclic) bond motifs is 1. The van der Waals surface area contributed by atoms with Crippen molar-refractivity contribution in [1.29, 1.82) is 0 Å². The summed E-state index contributed by atoms with van der Waals surface area (Å²) in [6.45, 7) is 5.24. The van der Waals surface area contributed by atoms with Crippen molar-refractivity contribution in [3.05, 3.63) is 78.0 Å². The first-order valence-electron chi connectivity index (χ1n) is 11.1. The van der Waals surface area contributed by atoms with Gasteiger partial charge in [-0.15, -0.1) is 0 Å². The Kier molecular flexibility index (Phi) is 6.44. The van der Waals surface area contributed by atoms with Gasteiger partial charge >= 0.3 is 0 Å². The molecular formula is C26H31N3O. The van der Waals surface area contributed by atoms with Gasteiger partial charge in [0.05, 0.1) is 17.5 Å². The molecule has 0 saturated carbocycles. The van der Waals surface area contributed by atoms with Crippen LogP contribution in [0.5, 0.6) is 0 Å². The molecule has 1 fully saturated rings. The highest BCUT2D eigenvalue weighted by Gasteiger charge is 2.31. The van der Waals surface area contributed by atoms with Crippen LogP contribution in [-0.4, -0.2) is 23.5 Å². The fraction of sp³-hybridized carbons (Fsp3) is 0.385. The summed E-state index contributed by atoms with van der Waals surface area (Å²) >= 11 is 0. The highest BCUT2D eigenvalue weighted by Crippen LogP contribution is 2.31. The van der Waals surface area contributed by atoms with Crippen LogP contribution in [-0.2, 0) is 4.79 Å². The van der Waals surface area contributed by atoms with Crippen molar-refractivity contribution in [1.82, 2.24) is 15.6 Å². The number of rotatable bonds is 6. The lowest BCUT2D eigenvalue weighted by Gasteiger charge is -2.36. The van der Waals surface area contributed by atoms with Crippen LogP contribution in [0.15, 0.2) is 66.9 Å². The van der Waals surface area contributed by atoms with Gasteiger partial charge in [0.2, 0.25) is 5.91 Å². The molecule has 0 bridgehead atoms. The van der Waals surface area contributed by atoms with E-state index in [9.17, 15) is 4.79 Å². The van der Waals surface area contributed by atoms with Gasteiger partial charge in [-0.3, -0.25) is 9.78 Å². The topological polar surface area (TPSA) is 54.0 Å². The number of carbonyl (C=O) groups excluding carboxylic acids is 1. The normalized spacial score (nSPS) is 21.1. The first-order valence-corrected chi connectivity index (χ1v) is 11.1. The van der Waals surface area contributed by atoms with Crippen LogP contribution >= 0.6 is 0 Å². The second-order valence-electron chi connectivity index (χ2n) is 8.40.